The van der Waals surface area contributed by atoms with Gasteiger partial charge in [-0.1, -0.05) is 11.6 Å². The van der Waals surface area contributed by atoms with Crippen LogP contribution in [0.15, 0.2) is 12.3 Å². The number of carbonyl (C=O) groups is 1. The van der Waals surface area contributed by atoms with Crippen LogP contribution in [0, 0.1) is 0 Å². The number of thiazole rings is 1. The molecule has 2 N–H and O–H groups in total. The van der Waals surface area contributed by atoms with E-state index in [1.54, 1.807) is 6.07 Å². The molecular formula is C11H9ClF2N4O2S. The molecule has 0 saturated carbocycles. The van der Waals surface area contributed by atoms with Gasteiger partial charge in [0, 0.05) is 6.20 Å². The summed E-state index contributed by atoms with van der Waals surface area (Å²) >= 11 is 6.14. The van der Waals surface area contributed by atoms with E-state index in [1.165, 1.54) is 11.1 Å². The lowest BCUT2D eigenvalue weighted by atomic mass is 9.90. The van der Waals surface area contributed by atoms with Crippen molar-refractivity contribution in [2.45, 2.75) is 12.0 Å². The normalized spacial score (nSPS) is 17.1. The highest BCUT2D eigenvalue weighted by Crippen LogP contribution is 2.35. The minimum Gasteiger partial charge on any atom is -0.380 e. The molecule has 21 heavy (non-hydrogen) atoms. The topological polar surface area (TPSA) is 82.1 Å². The summed E-state index contributed by atoms with van der Waals surface area (Å²) in [6.07, 6.45) is -1.28. The minimum atomic E-state index is -2.77. The maximum atomic E-state index is 12.6. The summed E-state index contributed by atoms with van der Waals surface area (Å²) in [5.74, 6) is -0.530. The van der Waals surface area contributed by atoms with Gasteiger partial charge in [-0.25, -0.2) is 13.8 Å². The third-order valence-corrected chi connectivity index (χ3v) is 4.64. The number of alkyl halides is 2. The maximum absolute atomic E-state index is 12.6. The van der Waals surface area contributed by atoms with Crippen LogP contribution in [0.3, 0.4) is 0 Å². The first-order valence-electron chi connectivity index (χ1n) is 5.86. The lowest BCUT2D eigenvalue weighted by Crippen LogP contribution is -2.61. The Hall–Kier alpha value is -1.58. The number of amides is 1. The molecule has 0 atom stereocenters. The fourth-order valence-corrected chi connectivity index (χ4v) is 3.20. The quantitative estimate of drug-likeness (QED) is 0.896. The highest BCUT2D eigenvalue weighted by atomic mass is 35.5. The van der Waals surface area contributed by atoms with Gasteiger partial charge < -0.3 is 10.0 Å². The summed E-state index contributed by atoms with van der Waals surface area (Å²) in [7, 11) is 0. The largest absolute Gasteiger partial charge is 0.380 e. The number of H-pyrrole nitrogens is 1. The van der Waals surface area contributed by atoms with Crippen molar-refractivity contribution in [3.05, 3.63) is 33.0 Å². The fourth-order valence-electron chi connectivity index (χ4n) is 2.09. The molecule has 0 aliphatic carbocycles. The standard InChI is InChI=1S/C11H9ClF2N4O2S/c12-7-6(8(13)14)21-9(16-7)10(19)18-3-11(20,4-18)5-1-2-15-17-5/h1-2,8,20H,3-4H2,(H,15,17). The Morgan fingerprint density at radius 2 is 2.29 bits per heavy atom. The van der Waals surface area contributed by atoms with E-state index in [4.69, 9.17) is 11.6 Å². The van der Waals surface area contributed by atoms with Crippen LogP contribution < -0.4 is 0 Å². The number of likely N-dealkylation sites (tertiary alicyclic amines) is 1. The van der Waals surface area contributed by atoms with Crippen LogP contribution in [-0.2, 0) is 5.60 Å². The number of rotatable bonds is 3. The summed E-state index contributed by atoms with van der Waals surface area (Å²) in [4.78, 5) is 16.6. The number of nitrogens with zero attached hydrogens (tertiary/aromatic N) is 3. The molecule has 0 aromatic carbocycles. The molecular weight excluding hydrogens is 326 g/mol. The molecule has 0 spiro atoms. The number of aromatic amines is 1. The number of aliphatic hydroxyl groups is 1. The number of halogens is 3. The summed E-state index contributed by atoms with van der Waals surface area (Å²) in [6.45, 7) is 0.0739. The molecule has 1 aliphatic heterocycles. The summed E-state index contributed by atoms with van der Waals surface area (Å²) in [5.41, 5.74) is -0.698. The molecule has 3 rings (SSSR count). The van der Waals surface area contributed by atoms with Gasteiger partial charge in [-0.15, -0.1) is 11.3 Å². The molecule has 2 aromatic heterocycles. The monoisotopic (exact) mass is 334 g/mol. The molecule has 10 heteroatoms. The Labute approximate surface area is 126 Å². The average molecular weight is 335 g/mol. The van der Waals surface area contributed by atoms with Crippen LogP contribution in [-0.4, -0.2) is 44.2 Å². The highest BCUT2D eigenvalue weighted by Gasteiger charge is 2.47. The zero-order valence-electron chi connectivity index (χ0n) is 10.4. The van der Waals surface area contributed by atoms with E-state index in [-0.39, 0.29) is 23.3 Å². The lowest BCUT2D eigenvalue weighted by molar-refractivity contribution is -0.0892. The highest BCUT2D eigenvalue weighted by molar-refractivity contribution is 7.14. The van der Waals surface area contributed by atoms with Crippen molar-refractivity contribution in [2.75, 3.05) is 13.1 Å². The van der Waals surface area contributed by atoms with Crippen LogP contribution in [0.2, 0.25) is 5.15 Å². The second kappa shape index (κ2) is 5.00. The second-order valence-corrected chi connectivity index (χ2v) is 6.03. The number of carbonyl (C=O) groups excluding carboxylic acids is 1. The summed E-state index contributed by atoms with van der Waals surface area (Å²) < 4.78 is 25.2. The van der Waals surface area contributed by atoms with E-state index in [0.717, 1.165) is 0 Å². The average Bonchev–Trinajstić information content (AvgIpc) is 3.03. The van der Waals surface area contributed by atoms with E-state index in [2.05, 4.69) is 15.2 Å². The molecule has 3 heterocycles. The van der Waals surface area contributed by atoms with Gasteiger partial charge in [0.05, 0.1) is 18.8 Å². The lowest BCUT2D eigenvalue weighted by Gasteiger charge is -2.45. The van der Waals surface area contributed by atoms with Crippen molar-refractivity contribution in [2.24, 2.45) is 0 Å². The first kappa shape index (κ1) is 14.4. The first-order chi connectivity index (χ1) is 9.90. The van der Waals surface area contributed by atoms with E-state index < -0.39 is 22.8 Å². The van der Waals surface area contributed by atoms with Gasteiger partial charge in [0.15, 0.2) is 5.01 Å². The molecule has 0 unspecified atom stereocenters. The van der Waals surface area contributed by atoms with Crippen LogP contribution in [0.25, 0.3) is 0 Å². The van der Waals surface area contributed by atoms with Gasteiger partial charge in [-0.3, -0.25) is 9.89 Å². The Morgan fingerprint density at radius 1 is 1.57 bits per heavy atom. The number of β-amino-alcohol motifs (C(OH)–C–C–N with tert-alkyl or cyclic N) is 1. The van der Waals surface area contributed by atoms with Gasteiger partial charge >= 0.3 is 0 Å². The SMILES string of the molecule is O=C(c1nc(Cl)c(C(F)F)s1)N1CC(O)(c2ccn[nH]2)C1. The van der Waals surface area contributed by atoms with Crippen molar-refractivity contribution in [3.8, 4) is 0 Å². The fraction of sp³-hybridized carbons (Fsp3) is 0.364. The van der Waals surface area contributed by atoms with Crippen molar-refractivity contribution in [1.82, 2.24) is 20.1 Å². The smallest absolute Gasteiger partial charge is 0.283 e. The molecule has 1 aliphatic rings. The van der Waals surface area contributed by atoms with Crippen LogP contribution in [0.4, 0.5) is 8.78 Å². The predicted molar refractivity (Wildman–Crippen MR) is 70.5 cm³/mol. The van der Waals surface area contributed by atoms with E-state index in [9.17, 15) is 18.7 Å². The van der Waals surface area contributed by atoms with Gasteiger partial charge in [0.2, 0.25) is 0 Å². The van der Waals surface area contributed by atoms with Gasteiger partial charge in [-0.2, -0.15) is 5.10 Å². The van der Waals surface area contributed by atoms with Crippen LogP contribution in [0.1, 0.15) is 26.8 Å². The predicted octanol–water partition coefficient (Wildman–Crippen LogP) is 1.80. The van der Waals surface area contributed by atoms with E-state index in [0.29, 0.717) is 17.0 Å². The van der Waals surface area contributed by atoms with Gasteiger partial charge in [-0.05, 0) is 6.07 Å². The Bertz CT molecular complexity index is 670. The van der Waals surface area contributed by atoms with Crippen molar-refractivity contribution in [1.29, 1.82) is 0 Å². The van der Waals surface area contributed by atoms with Gasteiger partial charge in [0.1, 0.15) is 15.6 Å². The molecule has 0 bridgehead atoms. The maximum Gasteiger partial charge on any atom is 0.283 e. The molecule has 112 valence electrons. The third kappa shape index (κ3) is 2.41. The molecule has 6 nitrogen and oxygen atoms in total. The number of aromatic nitrogens is 3. The van der Waals surface area contributed by atoms with E-state index in [1.807, 2.05) is 0 Å². The molecule has 1 amide bonds. The Morgan fingerprint density at radius 3 is 2.81 bits per heavy atom. The molecule has 2 aromatic rings. The van der Waals surface area contributed by atoms with E-state index >= 15 is 0 Å². The van der Waals surface area contributed by atoms with Crippen LogP contribution in [0.5, 0.6) is 0 Å². The molecule has 1 fully saturated rings. The number of hydrogen-bond donors (Lipinski definition) is 2. The third-order valence-electron chi connectivity index (χ3n) is 3.18. The number of nitrogens with one attached hydrogen (secondary N) is 1. The van der Waals surface area contributed by atoms with Crippen molar-refractivity contribution >= 4 is 28.8 Å². The summed E-state index contributed by atoms with van der Waals surface area (Å²) in [5, 5.41) is 16.2. The van der Waals surface area contributed by atoms with Gasteiger partial charge in [0.25, 0.3) is 12.3 Å². The zero-order chi connectivity index (χ0) is 15.2. The van der Waals surface area contributed by atoms with Crippen LogP contribution >= 0.6 is 22.9 Å². The van der Waals surface area contributed by atoms with Crippen molar-refractivity contribution < 1.29 is 18.7 Å². The minimum absolute atomic E-state index is 0.0369. The molecule has 0 radical (unpaired) electrons. The second-order valence-electron chi connectivity index (χ2n) is 4.64. The molecule has 1 saturated heterocycles. The Kier molecular flexibility index (Phi) is 3.42. The number of hydrogen-bond acceptors (Lipinski definition) is 5. The summed E-state index contributed by atoms with van der Waals surface area (Å²) in [6, 6.07) is 1.61. The zero-order valence-corrected chi connectivity index (χ0v) is 12.0. The first-order valence-corrected chi connectivity index (χ1v) is 7.06. The van der Waals surface area contributed by atoms with Crippen molar-refractivity contribution in [3.63, 3.8) is 0 Å². The Balaban J connectivity index is 1.72.